The zero-order chi connectivity index (χ0) is 30.0. The Bertz CT molecular complexity index is 1640. The van der Waals surface area contributed by atoms with Gasteiger partial charge in [0.05, 0.1) is 18.8 Å². The van der Waals surface area contributed by atoms with Crippen molar-refractivity contribution in [3.8, 4) is 5.75 Å². The quantitative estimate of drug-likeness (QED) is 0.387. The summed E-state index contributed by atoms with van der Waals surface area (Å²) in [5.74, 6) is 1.05. The van der Waals surface area contributed by atoms with E-state index in [0.717, 1.165) is 53.0 Å². The van der Waals surface area contributed by atoms with Gasteiger partial charge in [0.25, 0.3) is 5.91 Å². The molecule has 11 nitrogen and oxygen atoms in total. The molecule has 0 saturated carbocycles. The molecule has 7 rings (SSSR count). The van der Waals surface area contributed by atoms with Crippen LogP contribution >= 0.6 is 0 Å². The lowest BCUT2D eigenvalue weighted by atomic mass is 9.88. The van der Waals surface area contributed by atoms with Crippen LogP contribution < -0.4 is 25.3 Å². The van der Waals surface area contributed by atoms with Crippen molar-refractivity contribution >= 4 is 40.2 Å². The summed E-state index contributed by atoms with van der Waals surface area (Å²) in [6.45, 7) is 5.72. The number of phenolic OH excluding ortho intramolecular Hbond substituents is 1. The Labute approximate surface area is 249 Å². The van der Waals surface area contributed by atoms with Crippen LogP contribution in [0.5, 0.6) is 5.75 Å². The lowest BCUT2D eigenvalue weighted by Gasteiger charge is -2.44. The second-order valence-electron chi connectivity index (χ2n) is 12.4. The van der Waals surface area contributed by atoms with Crippen LogP contribution in [0.4, 0.5) is 26.6 Å². The summed E-state index contributed by atoms with van der Waals surface area (Å²) in [7, 11) is 4.14. The minimum atomic E-state index is -0.970. The molecule has 0 bridgehead atoms. The molecule has 0 radical (unpaired) electrons. The van der Waals surface area contributed by atoms with Crippen LogP contribution in [-0.4, -0.2) is 90.3 Å². The molecule has 3 aromatic rings. The fourth-order valence-corrected chi connectivity index (χ4v) is 7.08. The Morgan fingerprint density at radius 1 is 1.12 bits per heavy atom. The van der Waals surface area contributed by atoms with Crippen LogP contribution in [0.3, 0.4) is 0 Å². The number of urea groups is 1. The van der Waals surface area contributed by atoms with Gasteiger partial charge in [0.15, 0.2) is 0 Å². The summed E-state index contributed by atoms with van der Waals surface area (Å²) in [6.07, 6.45) is 2.49. The molecule has 226 valence electrons. The largest absolute Gasteiger partial charge is 0.508 e. The van der Waals surface area contributed by atoms with Crippen LogP contribution in [0.1, 0.15) is 36.6 Å². The number of aromatic hydroxyl groups is 1. The Morgan fingerprint density at radius 2 is 1.93 bits per heavy atom. The highest BCUT2D eigenvalue weighted by atomic mass is 19.1. The van der Waals surface area contributed by atoms with E-state index in [-0.39, 0.29) is 17.5 Å². The van der Waals surface area contributed by atoms with Gasteiger partial charge in [0, 0.05) is 54.9 Å². The number of hydrogen-bond acceptors (Lipinski definition) is 9. The van der Waals surface area contributed by atoms with Gasteiger partial charge in [0.1, 0.15) is 22.9 Å². The molecule has 3 fully saturated rings. The van der Waals surface area contributed by atoms with Crippen LogP contribution in [0, 0.1) is 5.82 Å². The van der Waals surface area contributed by atoms with Crippen LogP contribution in [0.15, 0.2) is 24.3 Å². The number of benzene rings is 2. The highest BCUT2D eigenvalue weighted by Crippen LogP contribution is 2.40. The molecule has 3 N–H and O–H groups in total. The zero-order valence-corrected chi connectivity index (χ0v) is 24.8. The average Bonchev–Trinajstić information content (AvgIpc) is 3.22. The minimum absolute atomic E-state index is 0.136. The number of carbonyl (C=O) groups is 2. The van der Waals surface area contributed by atoms with E-state index >= 15 is 0 Å². The van der Waals surface area contributed by atoms with Crippen LogP contribution in [-0.2, 0) is 24.2 Å². The highest BCUT2D eigenvalue weighted by molar-refractivity contribution is 6.07. The number of carbonyl (C=O) groups excluding carboxylic acids is 2. The molecule has 43 heavy (non-hydrogen) atoms. The first-order chi connectivity index (χ1) is 20.7. The second kappa shape index (κ2) is 10.2. The molecule has 0 aliphatic carbocycles. The number of aryl methyl sites for hydroxylation is 1. The number of fused-ring (bicyclic) bond motifs is 2. The summed E-state index contributed by atoms with van der Waals surface area (Å²) in [4.78, 5) is 43.8. The van der Waals surface area contributed by atoms with E-state index in [2.05, 4.69) is 44.3 Å². The molecule has 12 heteroatoms. The number of rotatable bonds is 5. The van der Waals surface area contributed by atoms with Crippen molar-refractivity contribution in [1.29, 1.82) is 0 Å². The molecule has 3 amide bonds. The molecule has 1 aromatic heterocycles. The molecule has 4 aliphatic heterocycles. The normalized spacial score (nSPS) is 22.3. The molecule has 4 aliphatic rings. The molecule has 3 saturated heterocycles. The number of aromatic nitrogens is 2. The predicted molar refractivity (Wildman–Crippen MR) is 162 cm³/mol. The van der Waals surface area contributed by atoms with Gasteiger partial charge in [-0.3, -0.25) is 10.1 Å². The van der Waals surface area contributed by atoms with Gasteiger partial charge >= 0.3 is 6.03 Å². The van der Waals surface area contributed by atoms with Gasteiger partial charge in [0.2, 0.25) is 5.95 Å². The van der Waals surface area contributed by atoms with Gasteiger partial charge in [-0.25, -0.2) is 14.2 Å². The van der Waals surface area contributed by atoms with E-state index in [1.54, 1.807) is 18.2 Å². The van der Waals surface area contributed by atoms with E-state index in [9.17, 15) is 19.1 Å². The number of halogens is 1. The summed E-state index contributed by atoms with van der Waals surface area (Å²) < 4.78 is 14.9. The summed E-state index contributed by atoms with van der Waals surface area (Å²) in [6, 6.07) is 6.55. The zero-order valence-electron chi connectivity index (χ0n) is 24.8. The summed E-state index contributed by atoms with van der Waals surface area (Å²) >= 11 is 0. The van der Waals surface area contributed by atoms with E-state index in [4.69, 9.17) is 9.97 Å². The van der Waals surface area contributed by atoms with E-state index < -0.39 is 11.6 Å². The monoisotopic (exact) mass is 588 g/mol. The van der Waals surface area contributed by atoms with Crippen molar-refractivity contribution in [3.05, 3.63) is 46.9 Å². The first-order valence-electron chi connectivity index (χ1n) is 15.0. The topological polar surface area (TPSA) is 117 Å². The number of nitrogens with zero attached hydrogens (tertiary/aromatic N) is 6. The predicted octanol–water partition coefficient (Wildman–Crippen LogP) is 2.53. The third-order valence-corrected chi connectivity index (χ3v) is 9.54. The first-order valence-corrected chi connectivity index (χ1v) is 15.0. The maximum atomic E-state index is 14.9. The van der Waals surface area contributed by atoms with Crippen LogP contribution in [0.25, 0.3) is 10.8 Å². The smallest absolute Gasteiger partial charge is 0.322 e. The van der Waals surface area contributed by atoms with Crippen molar-refractivity contribution < 1.29 is 19.1 Å². The van der Waals surface area contributed by atoms with Crippen molar-refractivity contribution in [1.82, 2.24) is 25.5 Å². The van der Waals surface area contributed by atoms with Gasteiger partial charge in [-0.2, -0.15) is 4.98 Å². The average molecular weight is 589 g/mol. The Balaban J connectivity index is 1.29. The molecular formula is C31H37FN8O3. The number of nitrogens with one attached hydrogen (secondary N) is 2. The number of imide groups is 1. The van der Waals surface area contributed by atoms with Gasteiger partial charge in [-0.1, -0.05) is 13.0 Å². The summed E-state index contributed by atoms with van der Waals surface area (Å²) in [5.41, 5.74) is 2.36. The highest BCUT2D eigenvalue weighted by Gasteiger charge is 2.49. The van der Waals surface area contributed by atoms with Crippen molar-refractivity contribution in [3.63, 3.8) is 0 Å². The van der Waals surface area contributed by atoms with Crippen LogP contribution in [0.2, 0.25) is 0 Å². The van der Waals surface area contributed by atoms with Gasteiger partial charge in [-0.05, 0) is 62.9 Å². The Morgan fingerprint density at radius 3 is 2.65 bits per heavy atom. The second-order valence-corrected chi connectivity index (χ2v) is 12.4. The molecule has 5 heterocycles. The van der Waals surface area contributed by atoms with E-state index in [0.29, 0.717) is 63.0 Å². The lowest BCUT2D eigenvalue weighted by molar-refractivity contribution is -0.124. The van der Waals surface area contributed by atoms with Crippen molar-refractivity contribution in [2.24, 2.45) is 0 Å². The number of piperidine rings is 1. The molecule has 1 atom stereocenters. The Hall–Kier alpha value is -4.19. The number of amides is 3. The first kappa shape index (κ1) is 27.6. The summed E-state index contributed by atoms with van der Waals surface area (Å²) in [5, 5.41) is 17.5. The van der Waals surface area contributed by atoms with Crippen molar-refractivity contribution in [2.45, 2.75) is 50.7 Å². The fraction of sp³-hybridized carbons (Fsp3) is 0.484. The van der Waals surface area contributed by atoms with E-state index in [1.165, 1.54) is 6.07 Å². The number of hydrogen-bond donors (Lipinski definition) is 3. The number of phenols is 1. The SMILES string of the molecule is CCc1c(F)ccc2cc(O)cc(N3CCc4c(nc(N5CC(N(C)C)C5)nc4N4CCCC5(C4)NC(=O)NC5=O)C3)c12. The molecule has 1 unspecified atom stereocenters. The van der Waals surface area contributed by atoms with Crippen molar-refractivity contribution in [2.75, 3.05) is 61.5 Å². The maximum absolute atomic E-state index is 14.9. The third kappa shape index (κ3) is 4.59. The van der Waals surface area contributed by atoms with Gasteiger partial charge in [-0.15, -0.1) is 0 Å². The number of anilines is 3. The number of likely N-dealkylation sites (N-methyl/N-ethyl adjacent to an activating group) is 1. The van der Waals surface area contributed by atoms with Gasteiger partial charge < -0.3 is 30.0 Å². The third-order valence-electron chi connectivity index (χ3n) is 9.54. The molecular weight excluding hydrogens is 551 g/mol. The molecule has 2 aromatic carbocycles. The molecule has 1 spiro atoms. The maximum Gasteiger partial charge on any atom is 0.322 e. The fourth-order valence-electron chi connectivity index (χ4n) is 7.08. The Kier molecular flexibility index (Phi) is 6.57. The van der Waals surface area contributed by atoms with E-state index in [1.807, 2.05) is 6.92 Å². The minimum Gasteiger partial charge on any atom is -0.508 e. The lowest BCUT2D eigenvalue weighted by Crippen LogP contribution is -2.59. The standard InChI is InChI=1S/C31H37FN8O3/c1-4-21-23(32)7-6-18-12-20(41)13-25(26(18)21)38-11-8-22-24(16-38)33-29(40-14-19(15-40)37(2)3)34-27(22)39-10-5-9-31(17-39)28(42)35-30(43)36-31/h6-7,12-13,19,41H,4-5,8-11,14-17H2,1-3H3,(H2,35,36,42,43).